The van der Waals surface area contributed by atoms with Gasteiger partial charge in [0.1, 0.15) is 5.03 Å². The number of carbonyl (C=O) groups is 2. The van der Waals surface area contributed by atoms with Gasteiger partial charge in [-0.15, -0.1) is 10.2 Å². The van der Waals surface area contributed by atoms with Gasteiger partial charge in [-0.25, -0.2) is 4.79 Å². The van der Waals surface area contributed by atoms with E-state index in [9.17, 15) is 9.59 Å². The minimum Gasteiger partial charge on any atom is -0.465 e. The van der Waals surface area contributed by atoms with Gasteiger partial charge < -0.3 is 10.1 Å². The lowest BCUT2D eigenvalue weighted by Crippen LogP contribution is -2.14. The highest BCUT2D eigenvalue weighted by Gasteiger charge is 2.08. The van der Waals surface area contributed by atoms with Crippen LogP contribution in [-0.4, -0.2) is 34.9 Å². The lowest BCUT2D eigenvalue weighted by atomic mass is 10.1. The second-order valence-electron chi connectivity index (χ2n) is 6.21. The van der Waals surface area contributed by atoms with Crippen LogP contribution in [0.15, 0.2) is 65.7 Å². The van der Waals surface area contributed by atoms with Crippen molar-refractivity contribution in [3.05, 3.63) is 71.8 Å². The molecule has 0 saturated heterocycles. The van der Waals surface area contributed by atoms with Gasteiger partial charge >= 0.3 is 5.97 Å². The summed E-state index contributed by atoms with van der Waals surface area (Å²) in [5, 5.41) is 11.9. The van der Waals surface area contributed by atoms with E-state index in [1.165, 1.54) is 24.4 Å². The molecule has 3 rings (SSSR count). The monoisotopic (exact) mass is 407 g/mol. The van der Waals surface area contributed by atoms with Crippen molar-refractivity contribution in [1.29, 1.82) is 0 Å². The molecule has 0 unspecified atom stereocenters. The quantitative estimate of drug-likeness (QED) is 0.466. The highest BCUT2D eigenvalue weighted by Crippen LogP contribution is 2.21. The van der Waals surface area contributed by atoms with Crippen LogP contribution in [0.2, 0.25) is 0 Å². The number of ether oxygens (including phenoxy) is 1. The molecular weight excluding hydrogens is 386 g/mol. The first-order chi connectivity index (χ1) is 14.1. The lowest BCUT2D eigenvalue weighted by Gasteiger charge is -2.06. The number of esters is 1. The van der Waals surface area contributed by atoms with E-state index in [0.717, 1.165) is 17.7 Å². The zero-order chi connectivity index (χ0) is 20.6. The largest absolute Gasteiger partial charge is 0.465 e. The van der Waals surface area contributed by atoms with Crippen molar-refractivity contribution in [3.63, 3.8) is 0 Å². The highest BCUT2D eigenvalue weighted by atomic mass is 32.2. The first kappa shape index (κ1) is 20.5. The number of methoxy groups -OCH3 is 1. The number of rotatable bonds is 7. The summed E-state index contributed by atoms with van der Waals surface area (Å²) < 4.78 is 4.65. The predicted octanol–water partition coefficient (Wildman–Crippen LogP) is 4.22. The van der Waals surface area contributed by atoms with Crippen LogP contribution < -0.4 is 5.32 Å². The van der Waals surface area contributed by atoms with E-state index in [2.05, 4.69) is 39.3 Å². The number of hydrogen-bond donors (Lipinski definition) is 1. The number of thioether (sulfide) groups is 1. The third-order valence-corrected chi connectivity index (χ3v) is 5.16. The van der Waals surface area contributed by atoms with Crippen LogP contribution >= 0.6 is 11.8 Å². The molecule has 29 heavy (non-hydrogen) atoms. The van der Waals surface area contributed by atoms with E-state index in [1.54, 1.807) is 24.3 Å². The molecule has 0 aliphatic heterocycles. The Labute approximate surface area is 173 Å². The molecule has 1 heterocycles. The molecule has 6 nitrogen and oxygen atoms in total. The molecule has 3 aromatic rings. The van der Waals surface area contributed by atoms with Crippen LogP contribution in [0.5, 0.6) is 0 Å². The maximum Gasteiger partial charge on any atom is 0.337 e. The Hall–Kier alpha value is -3.19. The van der Waals surface area contributed by atoms with Gasteiger partial charge in [0.25, 0.3) is 0 Å². The first-order valence-corrected chi connectivity index (χ1v) is 10.1. The molecule has 148 valence electrons. The standard InChI is InChI=1S/C22H21N3O3S/c1-3-15-4-6-16(7-5-15)19-12-13-21(25-24-19)29-14-20(26)23-18-10-8-17(9-11-18)22(27)28-2/h4-13H,3,14H2,1-2H3,(H,23,26). The molecular formula is C22H21N3O3S. The second-order valence-corrected chi connectivity index (χ2v) is 7.21. The molecule has 1 N–H and O–H groups in total. The Kier molecular flexibility index (Phi) is 6.97. The van der Waals surface area contributed by atoms with Crippen LogP contribution in [0.25, 0.3) is 11.3 Å². The zero-order valence-electron chi connectivity index (χ0n) is 16.2. The Bertz CT molecular complexity index is 972. The molecule has 0 aliphatic carbocycles. The Morgan fingerprint density at radius 2 is 1.69 bits per heavy atom. The summed E-state index contributed by atoms with van der Waals surface area (Å²) in [7, 11) is 1.33. The minimum absolute atomic E-state index is 0.165. The van der Waals surface area contributed by atoms with Gasteiger partial charge in [0.2, 0.25) is 5.91 Å². The van der Waals surface area contributed by atoms with Crippen LogP contribution in [0.4, 0.5) is 5.69 Å². The molecule has 7 heteroatoms. The summed E-state index contributed by atoms with van der Waals surface area (Å²) in [6, 6.07) is 18.5. The van der Waals surface area contributed by atoms with Gasteiger partial charge in [0.15, 0.2) is 0 Å². The average molecular weight is 407 g/mol. The van der Waals surface area contributed by atoms with Crippen LogP contribution in [0.3, 0.4) is 0 Å². The summed E-state index contributed by atoms with van der Waals surface area (Å²) in [5.41, 5.74) is 4.13. The lowest BCUT2D eigenvalue weighted by molar-refractivity contribution is -0.113. The van der Waals surface area contributed by atoms with Crippen LogP contribution in [0, 0.1) is 0 Å². The molecule has 2 aromatic carbocycles. The Morgan fingerprint density at radius 3 is 2.28 bits per heavy atom. The molecule has 0 saturated carbocycles. The fourth-order valence-electron chi connectivity index (χ4n) is 2.61. The van der Waals surface area contributed by atoms with Gasteiger partial charge in [-0.2, -0.15) is 0 Å². The summed E-state index contributed by atoms with van der Waals surface area (Å²) in [4.78, 5) is 23.6. The van der Waals surface area contributed by atoms with E-state index < -0.39 is 5.97 Å². The van der Waals surface area contributed by atoms with Gasteiger partial charge in [0.05, 0.1) is 24.1 Å². The van der Waals surface area contributed by atoms with E-state index in [4.69, 9.17) is 0 Å². The van der Waals surface area contributed by atoms with Crippen LogP contribution in [-0.2, 0) is 16.0 Å². The number of carbonyl (C=O) groups excluding carboxylic acids is 2. The molecule has 1 amide bonds. The molecule has 0 fully saturated rings. The SMILES string of the molecule is CCc1ccc(-c2ccc(SCC(=O)Nc3ccc(C(=O)OC)cc3)nn2)cc1. The summed E-state index contributed by atoms with van der Waals surface area (Å²) in [5.74, 6) is -0.374. The molecule has 0 aliphatic rings. The van der Waals surface area contributed by atoms with E-state index in [0.29, 0.717) is 16.3 Å². The van der Waals surface area contributed by atoms with Crippen molar-refractivity contribution in [2.75, 3.05) is 18.2 Å². The van der Waals surface area contributed by atoms with E-state index in [-0.39, 0.29) is 11.7 Å². The maximum absolute atomic E-state index is 12.1. The van der Waals surface area contributed by atoms with Gasteiger partial charge in [0, 0.05) is 11.3 Å². The number of aryl methyl sites for hydroxylation is 1. The number of nitrogens with one attached hydrogen (secondary N) is 1. The topological polar surface area (TPSA) is 81.2 Å². The number of nitrogens with zero attached hydrogens (tertiary/aromatic N) is 2. The molecule has 1 aromatic heterocycles. The molecule has 0 bridgehead atoms. The van der Waals surface area contributed by atoms with Gasteiger partial charge in [-0.3, -0.25) is 4.79 Å². The third-order valence-electron chi connectivity index (χ3n) is 4.24. The summed E-state index contributed by atoms with van der Waals surface area (Å²) >= 11 is 1.31. The van der Waals surface area contributed by atoms with Gasteiger partial charge in [-0.1, -0.05) is 43.0 Å². The molecule has 0 radical (unpaired) electrons. The van der Waals surface area contributed by atoms with Crippen molar-refractivity contribution in [2.24, 2.45) is 0 Å². The summed E-state index contributed by atoms with van der Waals surface area (Å²) in [6.45, 7) is 2.12. The Balaban J connectivity index is 1.52. The van der Waals surface area contributed by atoms with Crippen molar-refractivity contribution in [1.82, 2.24) is 10.2 Å². The number of amides is 1. The van der Waals surface area contributed by atoms with Gasteiger partial charge in [-0.05, 0) is 48.4 Å². The van der Waals surface area contributed by atoms with Crippen molar-refractivity contribution < 1.29 is 14.3 Å². The summed E-state index contributed by atoms with van der Waals surface area (Å²) in [6.07, 6.45) is 0.999. The number of aromatic nitrogens is 2. The van der Waals surface area contributed by atoms with Crippen molar-refractivity contribution in [2.45, 2.75) is 18.4 Å². The zero-order valence-corrected chi connectivity index (χ0v) is 17.0. The smallest absolute Gasteiger partial charge is 0.337 e. The van der Waals surface area contributed by atoms with E-state index in [1.807, 2.05) is 24.3 Å². The minimum atomic E-state index is -0.415. The van der Waals surface area contributed by atoms with E-state index >= 15 is 0 Å². The molecule has 0 spiro atoms. The van der Waals surface area contributed by atoms with Crippen molar-refractivity contribution in [3.8, 4) is 11.3 Å². The van der Waals surface area contributed by atoms with Crippen LogP contribution in [0.1, 0.15) is 22.8 Å². The third kappa shape index (κ3) is 5.65. The number of anilines is 1. The normalized spacial score (nSPS) is 10.4. The fourth-order valence-corrected chi connectivity index (χ4v) is 3.22. The number of hydrogen-bond acceptors (Lipinski definition) is 6. The Morgan fingerprint density at radius 1 is 0.966 bits per heavy atom. The first-order valence-electron chi connectivity index (χ1n) is 9.13. The number of benzene rings is 2. The maximum atomic E-state index is 12.1. The highest BCUT2D eigenvalue weighted by molar-refractivity contribution is 7.99. The molecule has 0 atom stereocenters. The van der Waals surface area contributed by atoms with Crippen molar-refractivity contribution >= 4 is 29.3 Å². The second kappa shape index (κ2) is 9.84. The fraction of sp³-hybridized carbons (Fsp3) is 0.182. The predicted molar refractivity (Wildman–Crippen MR) is 114 cm³/mol. The average Bonchev–Trinajstić information content (AvgIpc) is 2.78.